The molecule has 0 amide bonds. The normalized spacial score (nSPS) is 11.2. The van der Waals surface area contributed by atoms with Gasteiger partial charge in [0.2, 0.25) is 0 Å². The summed E-state index contributed by atoms with van der Waals surface area (Å²) >= 11 is 0. The minimum absolute atomic E-state index is 0.866. The second-order valence-electron chi connectivity index (χ2n) is 4.49. The highest BCUT2D eigenvalue weighted by molar-refractivity contribution is 5.95. The first-order chi connectivity index (χ1) is 9.42. The van der Waals surface area contributed by atoms with Crippen LogP contribution in [0.3, 0.4) is 0 Å². The van der Waals surface area contributed by atoms with Crippen molar-refractivity contribution in [1.82, 2.24) is 14.4 Å². The van der Waals surface area contributed by atoms with Crippen molar-refractivity contribution in [2.24, 2.45) is 0 Å². The average molecular weight is 245 g/mol. The molecule has 0 spiro atoms. The van der Waals surface area contributed by atoms with Gasteiger partial charge in [0.15, 0.2) is 5.65 Å². The van der Waals surface area contributed by atoms with Gasteiger partial charge in [-0.1, -0.05) is 42.5 Å². The van der Waals surface area contributed by atoms with E-state index >= 15 is 0 Å². The Labute approximate surface area is 110 Å². The minimum atomic E-state index is 0.866. The van der Waals surface area contributed by atoms with Crippen molar-refractivity contribution in [2.75, 3.05) is 0 Å². The molecule has 19 heavy (non-hydrogen) atoms. The van der Waals surface area contributed by atoms with E-state index in [9.17, 15) is 0 Å². The molecule has 90 valence electrons. The minimum Gasteiger partial charge on any atom is -0.304 e. The zero-order valence-electron chi connectivity index (χ0n) is 10.2. The van der Waals surface area contributed by atoms with Crippen LogP contribution in [0.25, 0.3) is 27.7 Å². The van der Waals surface area contributed by atoms with E-state index in [2.05, 4.69) is 52.4 Å². The van der Waals surface area contributed by atoms with Crippen molar-refractivity contribution >= 4 is 16.4 Å². The molecular weight excluding hydrogens is 234 g/mol. The van der Waals surface area contributed by atoms with Crippen molar-refractivity contribution in [1.29, 1.82) is 0 Å². The first kappa shape index (κ1) is 10.3. The van der Waals surface area contributed by atoms with Crippen LogP contribution < -0.4 is 0 Å². The predicted molar refractivity (Wildman–Crippen MR) is 75.9 cm³/mol. The molecule has 0 aliphatic carbocycles. The standard InChI is InChI=1S/C16H11N3/c1-2-6-13-12(4-1)5-3-7-14(13)15-11-19-9-8-17-10-16(19)18-15/h1-11H. The fourth-order valence-corrected chi connectivity index (χ4v) is 2.42. The first-order valence-corrected chi connectivity index (χ1v) is 6.19. The molecule has 0 unspecified atom stereocenters. The van der Waals surface area contributed by atoms with Gasteiger partial charge in [-0.15, -0.1) is 0 Å². The molecule has 2 aromatic heterocycles. The van der Waals surface area contributed by atoms with Crippen LogP contribution in [-0.2, 0) is 0 Å². The summed E-state index contributed by atoms with van der Waals surface area (Å²) in [7, 11) is 0. The molecule has 3 heteroatoms. The monoisotopic (exact) mass is 245 g/mol. The lowest BCUT2D eigenvalue weighted by molar-refractivity contribution is 1.13. The van der Waals surface area contributed by atoms with E-state index < -0.39 is 0 Å². The SMILES string of the molecule is c1ccc2c(-c3cn4ccncc4n3)cccc2c1. The molecule has 0 atom stereocenters. The molecular formula is C16H11N3. The van der Waals surface area contributed by atoms with Gasteiger partial charge in [0.05, 0.1) is 11.9 Å². The fraction of sp³-hybridized carbons (Fsp3) is 0. The summed E-state index contributed by atoms with van der Waals surface area (Å²) in [5, 5.41) is 2.46. The molecule has 0 saturated carbocycles. The Bertz CT molecular complexity index is 839. The van der Waals surface area contributed by atoms with E-state index in [1.807, 2.05) is 16.8 Å². The fourth-order valence-electron chi connectivity index (χ4n) is 2.42. The number of nitrogens with zero attached hydrogens (tertiary/aromatic N) is 3. The summed E-state index contributed by atoms with van der Waals surface area (Å²) in [5.74, 6) is 0. The quantitative estimate of drug-likeness (QED) is 0.513. The third-order valence-electron chi connectivity index (χ3n) is 3.33. The van der Waals surface area contributed by atoms with E-state index in [0.717, 1.165) is 16.9 Å². The van der Waals surface area contributed by atoms with Crippen molar-refractivity contribution in [3.8, 4) is 11.3 Å². The number of hydrogen-bond donors (Lipinski definition) is 0. The number of hydrogen-bond acceptors (Lipinski definition) is 2. The van der Waals surface area contributed by atoms with Crippen molar-refractivity contribution in [3.63, 3.8) is 0 Å². The van der Waals surface area contributed by atoms with Crippen LogP contribution in [0, 0.1) is 0 Å². The largest absolute Gasteiger partial charge is 0.304 e. The highest BCUT2D eigenvalue weighted by Crippen LogP contribution is 2.27. The molecule has 0 radical (unpaired) electrons. The molecule has 4 rings (SSSR count). The van der Waals surface area contributed by atoms with E-state index in [0.29, 0.717) is 0 Å². The highest BCUT2D eigenvalue weighted by Gasteiger charge is 2.07. The molecule has 0 aliphatic rings. The van der Waals surface area contributed by atoms with Gasteiger partial charge in [0.1, 0.15) is 0 Å². The van der Waals surface area contributed by atoms with Gasteiger partial charge >= 0.3 is 0 Å². The lowest BCUT2D eigenvalue weighted by atomic mass is 10.0. The van der Waals surface area contributed by atoms with Gasteiger partial charge in [-0.2, -0.15) is 0 Å². The lowest BCUT2D eigenvalue weighted by Crippen LogP contribution is -1.81. The van der Waals surface area contributed by atoms with Gasteiger partial charge in [0.25, 0.3) is 0 Å². The smallest absolute Gasteiger partial charge is 0.155 e. The molecule has 0 saturated heterocycles. The Morgan fingerprint density at radius 2 is 1.84 bits per heavy atom. The van der Waals surface area contributed by atoms with Crippen LogP contribution in [0.2, 0.25) is 0 Å². The van der Waals surface area contributed by atoms with Crippen molar-refractivity contribution < 1.29 is 0 Å². The summed E-state index contributed by atoms with van der Waals surface area (Å²) in [6.07, 6.45) is 7.49. The van der Waals surface area contributed by atoms with E-state index in [4.69, 9.17) is 0 Å². The van der Waals surface area contributed by atoms with Crippen LogP contribution in [0.4, 0.5) is 0 Å². The molecule has 0 bridgehead atoms. The van der Waals surface area contributed by atoms with Crippen LogP contribution in [0.5, 0.6) is 0 Å². The van der Waals surface area contributed by atoms with Gasteiger partial charge in [0, 0.05) is 24.2 Å². The number of fused-ring (bicyclic) bond motifs is 2. The number of aromatic nitrogens is 3. The van der Waals surface area contributed by atoms with Crippen LogP contribution in [0.15, 0.2) is 67.3 Å². The maximum atomic E-state index is 4.63. The summed E-state index contributed by atoms with van der Waals surface area (Å²) in [6.45, 7) is 0. The van der Waals surface area contributed by atoms with Crippen molar-refractivity contribution in [2.45, 2.75) is 0 Å². The van der Waals surface area contributed by atoms with E-state index in [1.165, 1.54) is 10.8 Å². The van der Waals surface area contributed by atoms with Gasteiger partial charge in [-0.3, -0.25) is 4.98 Å². The average Bonchev–Trinajstić information content (AvgIpc) is 2.90. The predicted octanol–water partition coefficient (Wildman–Crippen LogP) is 3.55. The summed E-state index contributed by atoms with van der Waals surface area (Å²) in [4.78, 5) is 8.73. The molecule has 2 heterocycles. The van der Waals surface area contributed by atoms with Gasteiger partial charge in [-0.25, -0.2) is 4.98 Å². The molecule has 0 N–H and O–H groups in total. The molecule has 0 fully saturated rings. The third kappa shape index (κ3) is 1.59. The third-order valence-corrected chi connectivity index (χ3v) is 3.33. The highest BCUT2D eigenvalue weighted by atomic mass is 15.0. The van der Waals surface area contributed by atoms with Crippen LogP contribution >= 0.6 is 0 Å². The van der Waals surface area contributed by atoms with E-state index in [1.54, 1.807) is 12.4 Å². The van der Waals surface area contributed by atoms with Gasteiger partial charge < -0.3 is 4.40 Å². The Hall–Kier alpha value is -2.68. The summed E-state index contributed by atoms with van der Waals surface area (Å²) < 4.78 is 1.99. The second-order valence-corrected chi connectivity index (χ2v) is 4.49. The Balaban J connectivity index is 2.03. The van der Waals surface area contributed by atoms with Crippen LogP contribution in [0.1, 0.15) is 0 Å². The Morgan fingerprint density at radius 1 is 0.947 bits per heavy atom. The molecule has 0 aliphatic heterocycles. The van der Waals surface area contributed by atoms with Crippen molar-refractivity contribution in [3.05, 3.63) is 67.3 Å². The number of imidazole rings is 1. The number of benzene rings is 2. The zero-order valence-corrected chi connectivity index (χ0v) is 10.2. The molecule has 4 aromatic rings. The summed E-state index contributed by atoms with van der Waals surface area (Å²) in [6, 6.07) is 14.7. The number of rotatable bonds is 1. The zero-order chi connectivity index (χ0) is 12.7. The Morgan fingerprint density at radius 3 is 2.79 bits per heavy atom. The molecule has 3 nitrogen and oxygen atoms in total. The first-order valence-electron chi connectivity index (χ1n) is 6.19. The van der Waals surface area contributed by atoms with Gasteiger partial charge in [-0.05, 0) is 10.8 Å². The second kappa shape index (κ2) is 3.92. The van der Waals surface area contributed by atoms with Crippen LogP contribution in [-0.4, -0.2) is 14.4 Å². The Kier molecular flexibility index (Phi) is 2.12. The lowest BCUT2D eigenvalue weighted by Gasteiger charge is -2.02. The maximum Gasteiger partial charge on any atom is 0.155 e. The summed E-state index contributed by atoms with van der Waals surface area (Å²) in [5.41, 5.74) is 3.00. The maximum absolute atomic E-state index is 4.63. The molecule has 2 aromatic carbocycles. The van der Waals surface area contributed by atoms with E-state index in [-0.39, 0.29) is 0 Å². The topological polar surface area (TPSA) is 30.2 Å².